The summed E-state index contributed by atoms with van der Waals surface area (Å²) in [5, 5.41) is 0. The molecule has 0 spiro atoms. The first kappa shape index (κ1) is 23.1. The molecular formula is C30H32N4O. The Morgan fingerprint density at radius 1 is 0.971 bits per heavy atom. The first-order chi connectivity index (χ1) is 17.2. The predicted octanol–water partition coefficient (Wildman–Crippen LogP) is 5.02. The highest BCUT2D eigenvalue weighted by atomic mass is 16.2. The van der Waals surface area contributed by atoms with Crippen LogP contribution in [0.2, 0.25) is 0 Å². The van der Waals surface area contributed by atoms with Gasteiger partial charge in [-0.25, -0.2) is 4.98 Å². The van der Waals surface area contributed by atoms with Crippen LogP contribution < -0.4 is 0 Å². The van der Waals surface area contributed by atoms with Crippen molar-refractivity contribution < 1.29 is 4.79 Å². The molecule has 0 aliphatic carbocycles. The number of amides is 1. The van der Waals surface area contributed by atoms with Crippen LogP contribution in [-0.2, 0) is 4.79 Å². The fourth-order valence-corrected chi connectivity index (χ4v) is 4.82. The van der Waals surface area contributed by atoms with Gasteiger partial charge in [-0.1, -0.05) is 72.8 Å². The van der Waals surface area contributed by atoms with Crippen LogP contribution in [0.3, 0.4) is 0 Å². The fourth-order valence-electron chi connectivity index (χ4n) is 4.82. The minimum Gasteiger partial charge on any atom is -0.340 e. The third kappa shape index (κ3) is 5.52. The van der Waals surface area contributed by atoms with E-state index >= 15 is 0 Å². The van der Waals surface area contributed by atoms with Gasteiger partial charge in [0.25, 0.3) is 0 Å². The zero-order valence-corrected chi connectivity index (χ0v) is 20.3. The topological polar surface area (TPSA) is 40.9 Å². The number of benzene rings is 2. The molecule has 2 aromatic heterocycles. The molecule has 0 radical (unpaired) electrons. The lowest BCUT2D eigenvalue weighted by Gasteiger charge is -2.35. The van der Waals surface area contributed by atoms with Crippen molar-refractivity contribution in [2.24, 2.45) is 0 Å². The van der Waals surface area contributed by atoms with E-state index in [1.54, 1.807) is 0 Å². The van der Waals surface area contributed by atoms with Crippen LogP contribution >= 0.6 is 0 Å². The van der Waals surface area contributed by atoms with Gasteiger partial charge in [-0.2, -0.15) is 0 Å². The van der Waals surface area contributed by atoms with Crippen molar-refractivity contribution in [1.29, 1.82) is 0 Å². The number of piperazine rings is 1. The normalized spacial score (nSPS) is 15.6. The number of pyridine rings is 1. The summed E-state index contributed by atoms with van der Waals surface area (Å²) in [4.78, 5) is 22.5. The average Bonchev–Trinajstić information content (AvgIpc) is 3.31. The maximum Gasteiger partial charge on any atom is 0.223 e. The maximum atomic E-state index is 13.4. The minimum absolute atomic E-state index is 0.0340. The molecule has 0 N–H and O–H groups in total. The Hall–Kier alpha value is -3.70. The van der Waals surface area contributed by atoms with Gasteiger partial charge in [0.1, 0.15) is 5.65 Å². The van der Waals surface area contributed by atoms with Gasteiger partial charge >= 0.3 is 0 Å². The van der Waals surface area contributed by atoms with Crippen molar-refractivity contribution in [3.8, 4) is 0 Å². The molecular weight excluding hydrogens is 432 g/mol. The van der Waals surface area contributed by atoms with Crippen molar-refractivity contribution >= 4 is 17.6 Å². The third-order valence-corrected chi connectivity index (χ3v) is 6.83. The van der Waals surface area contributed by atoms with Crippen molar-refractivity contribution in [2.75, 3.05) is 32.7 Å². The van der Waals surface area contributed by atoms with Crippen LogP contribution in [0.5, 0.6) is 0 Å². The lowest BCUT2D eigenvalue weighted by Crippen LogP contribution is -2.48. The van der Waals surface area contributed by atoms with Crippen LogP contribution in [0.1, 0.15) is 34.7 Å². The van der Waals surface area contributed by atoms with Gasteiger partial charge in [0.2, 0.25) is 5.91 Å². The summed E-state index contributed by atoms with van der Waals surface area (Å²) >= 11 is 0. The molecule has 5 heteroatoms. The van der Waals surface area contributed by atoms with Gasteiger partial charge < -0.3 is 9.30 Å². The molecule has 1 aliphatic heterocycles. The number of hydrogen-bond donors (Lipinski definition) is 0. The summed E-state index contributed by atoms with van der Waals surface area (Å²) in [7, 11) is 0. The van der Waals surface area contributed by atoms with E-state index < -0.39 is 0 Å². The first-order valence-corrected chi connectivity index (χ1v) is 12.4. The predicted molar refractivity (Wildman–Crippen MR) is 141 cm³/mol. The summed E-state index contributed by atoms with van der Waals surface area (Å²) in [6.07, 6.45) is 8.82. The summed E-state index contributed by atoms with van der Waals surface area (Å²) in [5.74, 6) is 0.175. The summed E-state index contributed by atoms with van der Waals surface area (Å²) < 4.78 is 2.12. The molecule has 1 atom stereocenters. The molecule has 178 valence electrons. The average molecular weight is 465 g/mol. The SMILES string of the molecule is Cc1ccn2c(C(CC(=O)N3CCN(C/C=C/c4ccccc4)CC3)c3ccccc3)cnc2c1. The molecule has 4 aromatic rings. The molecule has 1 unspecified atom stereocenters. The quantitative estimate of drug-likeness (QED) is 0.386. The number of aryl methyl sites for hydroxylation is 1. The number of aromatic nitrogens is 2. The van der Waals surface area contributed by atoms with Crippen LogP contribution in [0.15, 0.2) is 91.3 Å². The van der Waals surface area contributed by atoms with Gasteiger partial charge in [-0.05, 0) is 35.7 Å². The van der Waals surface area contributed by atoms with E-state index in [1.165, 1.54) is 11.1 Å². The zero-order valence-electron chi connectivity index (χ0n) is 20.3. The number of carbonyl (C=O) groups excluding carboxylic acids is 1. The van der Waals surface area contributed by atoms with Gasteiger partial charge in [0, 0.05) is 57.5 Å². The van der Waals surface area contributed by atoms with Crippen molar-refractivity contribution in [1.82, 2.24) is 19.2 Å². The summed E-state index contributed by atoms with van der Waals surface area (Å²) in [6, 6.07) is 24.9. The number of hydrogen-bond acceptors (Lipinski definition) is 3. The van der Waals surface area contributed by atoms with Crippen LogP contribution in [0.25, 0.3) is 11.7 Å². The lowest BCUT2D eigenvalue weighted by molar-refractivity contribution is -0.133. The number of fused-ring (bicyclic) bond motifs is 1. The Morgan fingerprint density at radius 2 is 1.69 bits per heavy atom. The highest BCUT2D eigenvalue weighted by molar-refractivity contribution is 5.78. The first-order valence-electron chi connectivity index (χ1n) is 12.4. The Morgan fingerprint density at radius 3 is 2.43 bits per heavy atom. The van der Waals surface area contributed by atoms with E-state index in [1.807, 2.05) is 35.4 Å². The van der Waals surface area contributed by atoms with E-state index in [2.05, 4.69) is 88.1 Å². The third-order valence-electron chi connectivity index (χ3n) is 6.83. The molecule has 35 heavy (non-hydrogen) atoms. The second kappa shape index (κ2) is 10.7. The molecule has 0 bridgehead atoms. The molecule has 0 saturated carbocycles. The van der Waals surface area contributed by atoms with E-state index in [0.717, 1.165) is 49.6 Å². The lowest BCUT2D eigenvalue weighted by atomic mass is 9.92. The summed E-state index contributed by atoms with van der Waals surface area (Å²) in [5.41, 5.74) is 5.52. The van der Waals surface area contributed by atoms with Gasteiger partial charge in [-0.3, -0.25) is 9.69 Å². The molecule has 1 amide bonds. The van der Waals surface area contributed by atoms with E-state index in [4.69, 9.17) is 0 Å². The Labute approximate surface area is 207 Å². The van der Waals surface area contributed by atoms with Gasteiger partial charge in [0.05, 0.1) is 5.69 Å². The van der Waals surface area contributed by atoms with E-state index in [0.29, 0.717) is 6.42 Å². The number of rotatable bonds is 7. The molecule has 5 rings (SSSR count). The fraction of sp³-hybridized carbons (Fsp3) is 0.267. The molecule has 1 fully saturated rings. The van der Waals surface area contributed by atoms with Crippen LogP contribution in [0, 0.1) is 6.92 Å². The molecule has 1 saturated heterocycles. The van der Waals surface area contributed by atoms with Crippen molar-refractivity contribution in [2.45, 2.75) is 19.3 Å². The van der Waals surface area contributed by atoms with Gasteiger partial charge in [0.15, 0.2) is 0 Å². The van der Waals surface area contributed by atoms with Crippen molar-refractivity contribution in [3.05, 3.63) is 114 Å². The Bertz CT molecular complexity index is 1290. The van der Waals surface area contributed by atoms with Crippen molar-refractivity contribution in [3.63, 3.8) is 0 Å². The molecule has 5 nitrogen and oxygen atoms in total. The second-order valence-electron chi connectivity index (χ2n) is 9.28. The second-order valence-corrected chi connectivity index (χ2v) is 9.28. The minimum atomic E-state index is -0.0340. The maximum absolute atomic E-state index is 13.4. The highest BCUT2D eigenvalue weighted by Crippen LogP contribution is 2.30. The molecule has 1 aliphatic rings. The Kier molecular flexibility index (Phi) is 7.05. The Balaban J connectivity index is 1.25. The van der Waals surface area contributed by atoms with E-state index in [9.17, 15) is 4.79 Å². The molecule has 2 aromatic carbocycles. The smallest absolute Gasteiger partial charge is 0.223 e. The standard InChI is InChI=1S/C30H32N4O/c1-24-14-16-34-28(23-31-29(34)21-24)27(26-12-6-3-7-13-26)22-30(35)33-19-17-32(18-20-33)15-8-11-25-9-4-2-5-10-25/h2-14,16,21,23,27H,15,17-20,22H2,1H3/b11-8+. The highest BCUT2D eigenvalue weighted by Gasteiger charge is 2.26. The summed E-state index contributed by atoms with van der Waals surface area (Å²) in [6.45, 7) is 6.32. The van der Waals surface area contributed by atoms with Crippen LogP contribution in [0.4, 0.5) is 0 Å². The van der Waals surface area contributed by atoms with Gasteiger partial charge in [-0.15, -0.1) is 0 Å². The number of imidazole rings is 1. The number of carbonyl (C=O) groups is 1. The molecule has 3 heterocycles. The van der Waals surface area contributed by atoms with E-state index in [-0.39, 0.29) is 11.8 Å². The largest absolute Gasteiger partial charge is 0.340 e. The monoisotopic (exact) mass is 464 g/mol. The zero-order chi connectivity index (χ0) is 24.0. The number of nitrogens with zero attached hydrogens (tertiary/aromatic N) is 4. The van der Waals surface area contributed by atoms with Crippen LogP contribution in [-0.4, -0.2) is 57.8 Å².